The van der Waals surface area contributed by atoms with Crippen LogP contribution < -0.4 is 5.32 Å². The molecule has 0 heterocycles. The van der Waals surface area contributed by atoms with Gasteiger partial charge < -0.3 is 5.32 Å². The van der Waals surface area contributed by atoms with Crippen LogP contribution in [0.3, 0.4) is 0 Å². The maximum absolute atomic E-state index is 12.9. The standard InChI is InChI=1S/C19H23NOSSi/c1-22-18-13-9-8-12-17(18)20-19(21)16(14-23(2,3)4)15-10-6-5-7-11-15/h5-14H,1-4H3,(H,20,21)/b16-14+. The number of para-hydroxylation sites is 1. The zero-order chi connectivity index (χ0) is 16.9. The Bertz CT molecular complexity index is 705. The van der Waals surface area contributed by atoms with Gasteiger partial charge in [0.25, 0.3) is 5.91 Å². The van der Waals surface area contributed by atoms with Gasteiger partial charge in [-0.1, -0.05) is 67.8 Å². The summed E-state index contributed by atoms with van der Waals surface area (Å²) in [4.78, 5) is 14.0. The molecule has 1 N–H and O–H groups in total. The van der Waals surface area contributed by atoms with Crippen molar-refractivity contribution < 1.29 is 4.79 Å². The molecule has 2 aromatic rings. The van der Waals surface area contributed by atoms with Crippen molar-refractivity contribution in [2.45, 2.75) is 24.5 Å². The summed E-state index contributed by atoms with van der Waals surface area (Å²) in [5.74, 6) is -0.0416. The van der Waals surface area contributed by atoms with Crippen molar-refractivity contribution in [1.82, 2.24) is 0 Å². The minimum absolute atomic E-state index is 0.0416. The highest BCUT2D eigenvalue weighted by atomic mass is 32.2. The van der Waals surface area contributed by atoms with E-state index < -0.39 is 8.07 Å². The zero-order valence-corrected chi connectivity index (χ0v) is 15.9. The maximum atomic E-state index is 12.9. The van der Waals surface area contributed by atoms with Crippen LogP contribution >= 0.6 is 11.8 Å². The molecule has 0 bridgehead atoms. The predicted molar refractivity (Wildman–Crippen MR) is 105 cm³/mol. The van der Waals surface area contributed by atoms with Gasteiger partial charge in [-0.05, 0) is 24.0 Å². The third-order valence-electron chi connectivity index (χ3n) is 3.26. The number of anilines is 1. The Hall–Kier alpha value is -1.78. The van der Waals surface area contributed by atoms with E-state index >= 15 is 0 Å². The van der Waals surface area contributed by atoms with Gasteiger partial charge >= 0.3 is 0 Å². The predicted octanol–water partition coefficient (Wildman–Crippen LogP) is 5.31. The molecule has 0 saturated carbocycles. The summed E-state index contributed by atoms with van der Waals surface area (Å²) in [5, 5.41) is 3.08. The molecule has 0 aliphatic carbocycles. The van der Waals surface area contributed by atoms with Crippen LogP contribution in [-0.2, 0) is 4.79 Å². The van der Waals surface area contributed by atoms with Gasteiger partial charge in [-0.2, -0.15) is 0 Å². The summed E-state index contributed by atoms with van der Waals surface area (Å²) >= 11 is 1.63. The Labute approximate surface area is 144 Å². The molecule has 4 heteroatoms. The average molecular weight is 342 g/mol. The number of hydrogen-bond donors (Lipinski definition) is 1. The highest BCUT2D eigenvalue weighted by molar-refractivity contribution is 7.98. The number of carbonyl (C=O) groups excluding carboxylic acids is 1. The van der Waals surface area contributed by atoms with E-state index in [4.69, 9.17) is 0 Å². The van der Waals surface area contributed by atoms with Crippen LogP contribution in [0.4, 0.5) is 5.69 Å². The van der Waals surface area contributed by atoms with Crippen LogP contribution in [0.2, 0.25) is 19.6 Å². The normalized spacial score (nSPS) is 12.1. The molecule has 0 aliphatic heterocycles. The molecular formula is C19H23NOSSi. The lowest BCUT2D eigenvalue weighted by molar-refractivity contribution is -0.111. The first-order valence-electron chi connectivity index (χ1n) is 7.63. The van der Waals surface area contributed by atoms with Gasteiger partial charge in [0.05, 0.1) is 13.8 Å². The van der Waals surface area contributed by atoms with Crippen LogP contribution in [0.25, 0.3) is 5.57 Å². The van der Waals surface area contributed by atoms with Crippen molar-refractivity contribution in [3.8, 4) is 0 Å². The van der Waals surface area contributed by atoms with E-state index in [2.05, 4.69) is 30.7 Å². The van der Waals surface area contributed by atoms with Crippen molar-refractivity contribution in [2.24, 2.45) is 0 Å². The van der Waals surface area contributed by atoms with Gasteiger partial charge in [-0.25, -0.2) is 0 Å². The topological polar surface area (TPSA) is 29.1 Å². The molecule has 0 unspecified atom stereocenters. The second kappa shape index (κ2) is 7.66. The first-order chi connectivity index (χ1) is 10.9. The molecule has 0 saturated heterocycles. The molecule has 0 atom stereocenters. The smallest absolute Gasteiger partial charge is 0.255 e. The number of carbonyl (C=O) groups is 1. The van der Waals surface area contributed by atoms with E-state index in [9.17, 15) is 4.79 Å². The summed E-state index contributed by atoms with van der Waals surface area (Å²) < 4.78 is 0. The van der Waals surface area contributed by atoms with E-state index in [-0.39, 0.29) is 5.91 Å². The monoisotopic (exact) mass is 341 g/mol. The fourth-order valence-corrected chi connectivity index (χ4v) is 3.99. The highest BCUT2D eigenvalue weighted by Gasteiger charge is 2.18. The fraction of sp³-hybridized carbons (Fsp3) is 0.211. The Morgan fingerprint density at radius 2 is 1.61 bits per heavy atom. The number of hydrogen-bond acceptors (Lipinski definition) is 2. The highest BCUT2D eigenvalue weighted by Crippen LogP contribution is 2.27. The van der Waals surface area contributed by atoms with Crippen LogP contribution in [-0.4, -0.2) is 20.2 Å². The number of nitrogens with one attached hydrogen (secondary N) is 1. The Morgan fingerprint density at radius 3 is 2.22 bits per heavy atom. The van der Waals surface area contributed by atoms with Crippen LogP contribution in [0.15, 0.2) is 65.2 Å². The SMILES string of the molecule is CSc1ccccc1NC(=O)/C(=C/[Si](C)(C)C)c1ccccc1. The van der Waals surface area contributed by atoms with Crippen LogP contribution in [0.1, 0.15) is 5.56 Å². The minimum atomic E-state index is -1.53. The second-order valence-corrected chi connectivity index (χ2v) is 12.3. The van der Waals surface area contributed by atoms with E-state index in [1.807, 2.05) is 60.9 Å². The molecule has 2 rings (SSSR count). The van der Waals surface area contributed by atoms with Crippen molar-refractivity contribution >= 4 is 37.0 Å². The van der Waals surface area contributed by atoms with Gasteiger partial charge in [0, 0.05) is 10.5 Å². The van der Waals surface area contributed by atoms with Crippen LogP contribution in [0, 0.1) is 0 Å². The lowest BCUT2D eigenvalue weighted by atomic mass is 10.1. The van der Waals surface area contributed by atoms with E-state index in [1.165, 1.54) is 0 Å². The van der Waals surface area contributed by atoms with E-state index in [1.54, 1.807) is 11.8 Å². The molecule has 2 aromatic carbocycles. The van der Waals surface area contributed by atoms with E-state index in [0.717, 1.165) is 21.7 Å². The molecule has 0 fully saturated rings. The van der Waals surface area contributed by atoms with Gasteiger partial charge in [-0.3, -0.25) is 4.79 Å². The molecule has 1 amide bonds. The number of amides is 1. The summed E-state index contributed by atoms with van der Waals surface area (Å²) in [6, 6.07) is 17.8. The van der Waals surface area contributed by atoms with Gasteiger partial charge in [-0.15, -0.1) is 11.8 Å². The van der Waals surface area contributed by atoms with Gasteiger partial charge in [0.1, 0.15) is 0 Å². The molecule has 0 aliphatic rings. The average Bonchev–Trinajstić information content (AvgIpc) is 2.53. The van der Waals surface area contributed by atoms with Gasteiger partial charge in [0.2, 0.25) is 0 Å². The lowest BCUT2D eigenvalue weighted by Crippen LogP contribution is -2.21. The Kier molecular flexibility index (Phi) is 5.85. The van der Waals surface area contributed by atoms with Crippen molar-refractivity contribution in [1.29, 1.82) is 0 Å². The molecule has 0 spiro atoms. The largest absolute Gasteiger partial charge is 0.321 e. The molecule has 0 radical (unpaired) electrons. The zero-order valence-electron chi connectivity index (χ0n) is 14.1. The van der Waals surface area contributed by atoms with E-state index in [0.29, 0.717) is 0 Å². The minimum Gasteiger partial charge on any atom is -0.321 e. The summed E-state index contributed by atoms with van der Waals surface area (Å²) in [5.41, 5.74) is 4.76. The van der Waals surface area contributed by atoms with Crippen molar-refractivity contribution in [3.63, 3.8) is 0 Å². The van der Waals surface area contributed by atoms with Crippen LogP contribution in [0.5, 0.6) is 0 Å². The second-order valence-electron chi connectivity index (χ2n) is 6.44. The van der Waals surface area contributed by atoms with Crippen molar-refractivity contribution in [3.05, 3.63) is 65.9 Å². The molecule has 2 nitrogen and oxygen atoms in total. The molecule has 0 aromatic heterocycles. The van der Waals surface area contributed by atoms with Crippen molar-refractivity contribution in [2.75, 3.05) is 11.6 Å². The number of benzene rings is 2. The first-order valence-corrected chi connectivity index (χ1v) is 12.4. The molecule has 23 heavy (non-hydrogen) atoms. The maximum Gasteiger partial charge on any atom is 0.255 e. The Morgan fingerprint density at radius 1 is 1.00 bits per heavy atom. The fourth-order valence-electron chi connectivity index (χ4n) is 2.27. The number of thioether (sulfide) groups is 1. The summed E-state index contributed by atoms with van der Waals surface area (Å²) in [7, 11) is -1.53. The van der Waals surface area contributed by atoms with Gasteiger partial charge in [0.15, 0.2) is 0 Å². The quantitative estimate of drug-likeness (QED) is 0.454. The molecular weight excluding hydrogens is 318 g/mol. The third-order valence-corrected chi connectivity index (χ3v) is 5.21. The summed E-state index contributed by atoms with van der Waals surface area (Å²) in [6.45, 7) is 6.71. The number of rotatable bonds is 5. The third kappa shape index (κ3) is 5.11. The summed E-state index contributed by atoms with van der Waals surface area (Å²) in [6.07, 6.45) is 2.01. The lowest BCUT2D eigenvalue weighted by Gasteiger charge is -2.16. The Balaban J connectivity index is 2.37. The first kappa shape index (κ1) is 17.6. The molecule has 120 valence electrons.